The quantitative estimate of drug-likeness (QED) is 0.386. The molecule has 0 bridgehead atoms. The van der Waals surface area contributed by atoms with Crippen molar-refractivity contribution in [2.75, 3.05) is 30.3 Å². The number of nitrogens with one attached hydrogen (secondary N) is 2. The highest BCUT2D eigenvalue weighted by molar-refractivity contribution is 5.92. The van der Waals surface area contributed by atoms with E-state index in [9.17, 15) is 9.18 Å². The summed E-state index contributed by atoms with van der Waals surface area (Å²) in [5, 5.41) is 6.39. The normalized spacial score (nSPS) is 13.9. The van der Waals surface area contributed by atoms with Gasteiger partial charge in [-0.2, -0.15) is 0 Å². The van der Waals surface area contributed by atoms with Crippen LogP contribution in [0.25, 0.3) is 0 Å². The highest BCUT2D eigenvalue weighted by Crippen LogP contribution is 2.22. The molecule has 182 valence electrons. The summed E-state index contributed by atoms with van der Waals surface area (Å²) in [5.41, 5.74) is 4.25. The van der Waals surface area contributed by atoms with E-state index in [2.05, 4.69) is 27.7 Å². The third-order valence-electron chi connectivity index (χ3n) is 6.02. The number of carbonyl (C=O) groups excluding carboxylic acids is 1. The Hall–Kier alpha value is -2.60. The molecule has 0 unspecified atom stereocenters. The zero-order chi connectivity index (χ0) is 22.2. The van der Waals surface area contributed by atoms with Crippen molar-refractivity contribution in [3.63, 3.8) is 0 Å². The fourth-order valence-electron chi connectivity index (χ4n) is 4.18. The molecular weight excluding hydrogens is 472 g/mol. The molecular formula is C27H32Cl2FN3O. The van der Waals surface area contributed by atoms with Gasteiger partial charge in [-0.3, -0.25) is 9.69 Å². The van der Waals surface area contributed by atoms with Crippen molar-refractivity contribution in [2.45, 2.75) is 25.8 Å². The lowest BCUT2D eigenvalue weighted by Crippen LogP contribution is -2.39. The fraction of sp³-hybridized carbons (Fsp3) is 0.296. The van der Waals surface area contributed by atoms with E-state index in [-0.39, 0.29) is 36.5 Å². The first-order valence-corrected chi connectivity index (χ1v) is 11.3. The Morgan fingerprint density at radius 3 is 2.09 bits per heavy atom. The standard InChI is InChI=1S/C27H30FN3O.2ClH/c28-24-8-6-21(7-9-24)18-22-14-16-31(17-15-22)20-27(32)30-26-12-10-25(11-13-26)29-19-23-4-2-1-3-5-23;;/h1-13,22,29H,14-20H2,(H,30,32);2*1H. The molecule has 0 spiro atoms. The molecule has 0 saturated carbocycles. The van der Waals surface area contributed by atoms with Crippen LogP contribution in [0.1, 0.15) is 24.0 Å². The minimum atomic E-state index is -0.187. The molecule has 3 aromatic carbocycles. The molecule has 4 nitrogen and oxygen atoms in total. The van der Waals surface area contributed by atoms with Gasteiger partial charge in [-0.1, -0.05) is 42.5 Å². The number of likely N-dealkylation sites (tertiary alicyclic amines) is 1. The molecule has 3 aromatic rings. The summed E-state index contributed by atoms with van der Waals surface area (Å²) in [4.78, 5) is 14.7. The Bertz CT molecular complexity index is 993. The molecule has 1 amide bonds. The maximum absolute atomic E-state index is 13.1. The number of nitrogens with zero attached hydrogens (tertiary/aromatic N) is 1. The molecule has 1 saturated heterocycles. The molecule has 1 aliphatic rings. The lowest BCUT2D eigenvalue weighted by molar-refractivity contribution is -0.117. The molecule has 2 N–H and O–H groups in total. The highest BCUT2D eigenvalue weighted by Gasteiger charge is 2.21. The topological polar surface area (TPSA) is 44.4 Å². The van der Waals surface area contributed by atoms with Crippen LogP contribution in [0.2, 0.25) is 0 Å². The van der Waals surface area contributed by atoms with Crippen LogP contribution in [0, 0.1) is 11.7 Å². The van der Waals surface area contributed by atoms with E-state index in [0.717, 1.165) is 50.3 Å². The third kappa shape index (κ3) is 8.64. The Labute approximate surface area is 213 Å². The van der Waals surface area contributed by atoms with Crippen LogP contribution in [-0.2, 0) is 17.8 Å². The van der Waals surface area contributed by atoms with Crippen LogP contribution in [0.3, 0.4) is 0 Å². The molecule has 0 aromatic heterocycles. The van der Waals surface area contributed by atoms with Gasteiger partial charge in [0.1, 0.15) is 5.82 Å². The zero-order valence-electron chi connectivity index (χ0n) is 19.1. The van der Waals surface area contributed by atoms with Crippen LogP contribution >= 0.6 is 24.8 Å². The predicted molar refractivity (Wildman–Crippen MR) is 143 cm³/mol. The minimum Gasteiger partial charge on any atom is -0.381 e. The Morgan fingerprint density at radius 1 is 0.824 bits per heavy atom. The van der Waals surface area contributed by atoms with Crippen LogP contribution in [0.15, 0.2) is 78.9 Å². The van der Waals surface area contributed by atoms with Crippen molar-refractivity contribution >= 4 is 42.1 Å². The largest absolute Gasteiger partial charge is 0.381 e. The van der Waals surface area contributed by atoms with E-state index in [1.807, 2.05) is 54.6 Å². The average Bonchev–Trinajstić information content (AvgIpc) is 2.82. The molecule has 0 aliphatic carbocycles. The number of hydrogen-bond donors (Lipinski definition) is 2. The van der Waals surface area contributed by atoms with Gasteiger partial charge >= 0.3 is 0 Å². The lowest BCUT2D eigenvalue weighted by atomic mass is 9.90. The number of rotatable bonds is 8. The van der Waals surface area contributed by atoms with Crippen molar-refractivity contribution in [1.82, 2.24) is 4.90 Å². The highest BCUT2D eigenvalue weighted by atomic mass is 35.5. The van der Waals surface area contributed by atoms with Crippen molar-refractivity contribution in [3.05, 3.63) is 95.8 Å². The number of hydrogen-bond acceptors (Lipinski definition) is 3. The molecule has 0 radical (unpaired) electrons. The molecule has 0 atom stereocenters. The molecule has 1 fully saturated rings. The van der Waals surface area contributed by atoms with E-state index in [1.54, 1.807) is 0 Å². The third-order valence-corrected chi connectivity index (χ3v) is 6.02. The number of benzene rings is 3. The van der Waals surface area contributed by atoms with Gasteiger partial charge in [-0.15, -0.1) is 24.8 Å². The van der Waals surface area contributed by atoms with Crippen LogP contribution < -0.4 is 10.6 Å². The summed E-state index contributed by atoms with van der Waals surface area (Å²) in [5.74, 6) is 0.426. The van der Waals surface area contributed by atoms with Gasteiger partial charge in [-0.25, -0.2) is 4.39 Å². The van der Waals surface area contributed by atoms with Crippen LogP contribution in [0.5, 0.6) is 0 Å². The first-order valence-electron chi connectivity index (χ1n) is 11.3. The number of piperidine rings is 1. The maximum atomic E-state index is 13.1. The van der Waals surface area contributed by atoms with Gasteiger partial charge in [0.2, 0.25) is 5.91 Å². The van der Waals surface area contributed by atoms with Gasteiger partial charge in [0.15, 0.2) is 0 Å². The number of amides is 1. The lowest BCUT2D eigenvalue weighted by Gasteiger charge is -2.31. The van der Waals surface area contributed by atoms with Crippen molar-refractivity contribution in [1.29, 1.82) is 0 Å². The van der Waals surface area contributed by atoms with E-state index < -0.39 is 0 Å². The number of anilines is 2. The molecule has 1 aliphatic heterocycles. The Morgan fingerprint density at radius 2 is 1.44 bits per heavy atom. The van der Waals surface area contributed by atoms with Gasteiger partial charge in [0.05, 0.1) is 6.54 Å². The second-order valence-electron chi connectivity index (χ2n) is 8.51. The molecule has 34 heavy (non-hydrogen) atoms. The van der Waals surface area contributed by atoms with Gasteiger partial charge in [-0.05, 0) is 85.8 Å². The Balaban J connectivity index is 0.00000204. The number of carbonyl (C=O) groups is 1. The summed E-state index contributed by atoms with van der Waals surface area (Å²) in [6, 6.07) is 24.9. The summed E-state index contributed by atoms with van der Waals surface area (Å²) < 4.78 is 13.1. The molecule has 1 heterocycles. The van der Waals surface area contributed by atoms with Crippen molar-refractivity contribution in [2.24, 2.45) is 5.92 Å². The first-order chi connectivity index (χ1) is 15.6. The minimum absolute atomic E-state index is 0. The summed E-state index contributed by atoms with van der Waals surface area (Å²) in [6.07, 6.45) is 3.10. The first kappa shape index (κ1) is 27.6. The summed E-state index contributed by atoms with van der Waals surface area (Å²) in [7, 11) is 0. The van der Waals surface area contributed by atoms with Gasteiger partial charge in [0, 0.05) is 17.9 Å². The summed E-state index contributed by atoms with van der Waals surface area (Å²) >= 11 is 0. The monoisotopic (exact) mass is 503 g/mol. The van der Waals surface area contributed by atoms with Crippen LogP contribution in [-0.4, -0.2) is 30.4 Å². The van der Waals surface area contributed by atoms with E-state index in [4.69, 9.17) is 0 Å². The zero-order valence-corrected chi connectivity index (χ0v) is 20.7. The van der Waals surface area contributed by atoms with E-state index in [0.29, 0.717) is 12.5 Å². The average molecular weight is 504 g/mol. The smallest absolute Gasteiger partial charge is 0.238 e. The maximum Gasteiger partial charge on any atom is 0.238 e. The van der Waals surface area contributed by atoms with Crippen molar-refractivity contribution in [3.8, 4) is 0 Å². The van der Waals surface area contributed by atoms with E-state index in [1.165, 1.54) is 23.3 Å². The SMILES string of the molecule is Cl.Cl.O=C(CN1CCC(Cc2ccc(F)cc2)CC1)Nc1ccc(NCc2ccccc2)cc1. The van der Waals surface area contributed by atoms with Crippen LogP contribution in [0.4, 0.5) is 15.8 Å². The van der Waals surface area contributed by atoms with Gasteiger partial charge < -0.3 is 10.6 Å². The molecule has 4 rings (SSSR count). The summed E-state index contributed by atoms with van der Waals surface area (Å²) in [6.45, 7) is 3.02. The van der Waals surface area contributed by atoms with Crippen molar-refractivity contribution < 1.29 is 9.18 Å². The number of halogens is 3. The van der Waals surface area contributed by atoms with Gasteiger partial charge in [0.25, 0.3) is 0 Å². The second kappa shape index (κ2) is 14.0. The Kier molecular flexibility index (Phi) is 11.3. The predicted octanol–water partition coefficient (Wildman–Crippen LogP) is 6.17. The second-order valence-corrected chi connectivity index (χ2v) is 8.51. The molecule has 7 heteroatoms. The fourth-order valence-corrected chi connectivity index (χ4v) is 4.18. The van der Waals surface area contributed by atoms with E-state index >= 15 is 0 Å².